The van der Waals surface area contributed by atoms with Gasteiger partial charge in [0, 0.05) is 17.3 Å². The van der Waals surface area contributed by atoms with E-state index in [1.165, 1.54) is 0 Å². The molecule has 8 heteroatoms. The van der Waals surface area contributed by atoms with Crippen molar-refractivity contribution in [1.29, 1.82) is 0 Å². The highest BCUT2D eigenvalue weighted by atomic mass is 79.9. The van der Waals surface area contributed by atoms with E-state index >= 15 is 0 Å². The van der Waals surface area contributed by atoms with E-state index in [9.17, 15) is 34.8 Å². The lowest BCUT2D eigenvalue weighted by atomic mass is 9.37. The summed E-state index contributed by atoms with van der Waals surface area (Å²) in [5.74, 6) is -2.13. The largest absolute Gasteiger partial charge is 0.480 e. The third kappa shape index (κ3) is 2.65. The maximum atomic E-state index is 12.6. The molecule has 7 nitrogen and oxygen atoms in total. The number of fused-ring (bicyclic) bond motifs is 5. The molecule has 0 amide bonds. The zero-order chi connectivity index (χ0) is 23.0. The van der Waals surface area contributed by atoms with Gasteiger partial charge in [-0.15, -0.1) is 0 Å². The topological polar surface area (TPSA) is 132 Å². The first-order chi connectivity index (χ1) is 14.4. The standard InChI is InChI=1S/C23H31BrO7/c1-20-7-5-13(26)9-12(20)3-4-15-14-6-8-22(31,17(28)11-25)21(14,2)10-16(27)23(15,20)18(24)19(29)30/h9,14-16,18,25,27,31H,3-8,10-11H2,1-2H3,(H,29,30)/t14-,15-,16-,18?,20-,21-,22-,23+/m0/s1. The van der Waals surface area contributed by atoms with Crippen molar-refractivity contribution in [3.63, 3.8) is 0 Å². The molecule has 0 aliphatic heterocycles. The Morgan fingerprint density at radius 3 is 2.48 bits per heavy atom. The van der Waals surface area contributed by atoms with Crippen LogP contribution in [0.1, 0.15) is 58.8 Å². The minimum Gasteiger partial charge on any atom is -0.480 e. The number of Topliss-reactive ketones (excluding diaryl/α,β-unsaturated/α-hetero) is 1. The minimum atomic E-state index is -1.75. The lowest BCUT2D eigenvalue weighted by molar-refractivity contribution is -0.222. The zero-order valence-electron chi connectivity index (χ0n) is 17.9. The molecule has 0 aromatic rings. The number of carbonyl (C=O) groups is 3. The van der Waals surface area contributed by atoms with Gasteiger partial charge in [-0.25, -0.2) is 0 Å². The molecule has 0 aromatic heterocycles. The van der Waals surface area contributed by atoms with Gasteiger partial charge in [0.1, 0.15) is 17.0 Å². The molecule has 4 aliphatic rings. The molecule has 1 unspecified atom stereocenters. The lowest BCUT2D eigenvalue weighted by Gasteiger charge is -2.68. The number of hydrogen-bond donors (Lipinski definition) is 4. The molecule has 4 aliphatic carbocycles. The Morgan fingerprint density at radius 2 is 1.87 bits per heavy atom. The number of alkyl halides is 1. The van der Waals surface area contributed by atoms with Gasteiger partial charge in [-0.3, -0.25) is 14.4 Å². The Bertz CT molecular complexity index is 870. The van der Waals surface area contributed by atoms with Crippen molar-refractivity contribution in [2.75, 3.05) is 6.61 Å². The summed E-state index contributed by atoms with van der Waals surface area (Å²) < 4.78 is 0. The predicted molar refractivity (Wildman–Crippen MR) is 114 cm³/mol. The highest BCUT2D eigenvalue weighted by Gasteiger charge is 2.75. The SMILES string of the molecule is C[C@]12CCC(=O)C=C1CC[C@H]1[C@@H]3CC[C@](O)(C(=O)CO)[C@@]3(C)C[C@H](O)[C@@]12C(Br)C(=O)O. The summed E-state index contributed by atoms with van der Waals surface area (Å²) in [5.41, 5.74) is -3.59. The van der Waals surface area contributed by atoms with Crippen molar-refractivity contribution in [3.8, 4) is 0 Å². The molecule has 0 radical (unpaired) electrons. The van der Waals surface area contributed by atoms with Crippen molar-refractivity contribution in [1.82, 2.24) is 0 Å². The molecule has 8 atom stereocenters. The monoisotopic (exact) mass is 498 g/mol. The number of carbonyl (C=O) groups excluding carboxylic acids is 2. The first-order valence-corrected chi connectivity index (χ1v) is 12.0. The number of carboxylic acid groups (broad SMARTS) is 1. The van der Waals surface area contributed by atoms with Crippen molar-refractivity contribution in [3.05, 3.63) is 11.6 Å². The second-order valence-corrected chi connectivity index (χ2v) is 11.4. The lowest BCUT2D eigenvalue weighted by Crippen LogP contribution is -2.71. The van der Waals surface area contributed by atoms with E-state index in [0.29, 0.717) is 32.1 Å². The fraction of sp³-hybridized carbons (Fsp3) is 0.783. The number of hydrogen-bond acceptors (Lipinski definition) is 6. The average Bonchev–Trinajstić information content (AvgIpc) is 2.98. The molecule has 172 valence electrons. The van der Waals surface area contributed by atoms with Gasteiger partial charge in [0.2, 0.25) is 0 Å². The number of rotatable bonds is 4. The molecule has 4 rings (SSSR count). The van der Waals surface area contributed by atoms with Crippen molar-refractivity contribution < 1.29 is 34.8 Å². The van der Waals surface area contributed by atoms with Crippen LogP contribution < -0.4 is 0 Å². The average molecular weight is 499 g/mol. The van der Waals surface area contributed by atoms with Crippen LogP contribution in [0.4, 0.5) is 0 Å². The van der Waals surface area contributed by atoms with E-state index < -0.39 is 51.1 Å². The minimum absolute atomic E-state index is 0.0291. The van der Waals surface area contributed by atoms with Gasteiger partial charge < -0.3 is 20.4 Å². The number of ketones is 2. The van der Waals surface area contributed by atoms with Crippen LogP contribution >= 0.6 is 15.9 Å². The van der Waals surface area contributed by atoms with Crippen LogP contribution in [0.15, 0.2) is 11.6 Å². The molecule has 0 spiro atoms. The summed E-state index contributed by atoms with van der Waals surface area (Å²) >= 11 is 3.43. The molecule has 4 N–H and O–H groups in total. The molecule has 0 bridgehead atoms. The first-order valence-electron chi connectivity index (χ1n) is 11.1. The zero-order valence-corrected chi connectivity index (χ0v) is 19.5. The van der Waals surface area contributed by atoms with Gasteiger partial charge in [0.15, 0.2) is 11.6 Å². The highest BCUT2D eigenvalue weighted by molar-refractivity contribution is 9.10. The molecular formula is C23H31BrO7. The van der Waals surface area contributed by atoms with Crippen LogP contribution in [0, 0.1) is 28.1 Å². The third-order valence-corrected chi connectivity index (χ3v) is 10.8. The third-order valence-electron chi connectivity index (χ3n) is 9.69. The van der Waals surface area contributed by atoms with E-state index in [0.717, 1.165) is 5.57 Å². The molecule has 0 saturated heterocycles. The number of aliphatic hydroxyl groups is 3. The fourth-order valence-corrected chi connectivity index (χ4v) is 9.30. The number of carboxylic acids is 1. The van der Waals surface area contributed by atoms with Gasteiger partial charge in [0.05, 0.1) is 6.10 Å². The smallest absolute Gasteiger partial charge is 0.318 e. The summed E-state index contributed by atoms with van der Waals surface area (Å²) in [7, 11) is 0. The summed E-state index contributed by atoms with van der Waals surface area (Å²) in [4.78, 5) is 36.1. The van der Waals surface area contributed by atoms with Gasteiger partial charge in [-0.1, -0.05) is 35.4 Å². The molecular weight excluding hydrogens is 468 g/mol. The van der Waals surface area contributed by atoms with Crippen LogP contribution in [0.5, 0.6) is 0 Å². The van der Waals surface area contributed by atoms with E-state index in [-0.39, 0.29) is 30.5 Å². The molecule has 0 heterocycles. The van der Waals surface area contributed by atoms with Crippen LogP contribution in [0.2, 0.25) is 0 Å². The second-order valence-electron chi connectivity index (χ2n) is 10.5. The molecule has 3 saturated carbocycles. The van der Waals surface area contributed by atoms with Gasteiger partial charge >= 0.3 is 5.97 Å². The van der Waals surface area contributed by atoms with Crippen molar-refractivity contribution in [2.24, 2.45) is 28.1 Å². The maximum Gasteiger partial charge on any atom is 0.318 e. The molecule has 0 aromatic carbocycles. The summed E-state index contributed by atoms with van der Waals surface area (Å²) in [6.07, 6.45) is 3.25. The van der Waals surface area contributed by atoms with Crippen LogP contribution in [-0.4, -0.2) is 61.1 Å². The van der Waals surface area contributed by atoms with E-state index in [1.54, 1.807) is 13.0 Å². The van der Waals surface area contributed by atoms with Crippen LogP contribution in [-0.2, 0) is 14.4 Å². The van der Waals surface area contributed by atoms with E-state index in [1.807, 2.05) is 6.92 Å². The second kappa shape index (κ2) is 7.20. The normalized spacial score (nSPS) is 47.6. The van der Waals surface area contributed by atoms with Gasteiger partial charge in [0.25, 0.3) is 0 Å². The Labute approximate surface area is 190 Å². The van der Waals surface area contributed by atoms with E-state index in [2.05, 4.69) is 15.9 Å². The summed E-state index contributed by atoms with van der Waals surface area (Å²) in [6.45, 7) is 3.00. The Balaban J connectivity index is 1.92. The van der Waals surface area contributed by atoms with Crippen LogP contribution in [0.25, 0.3) is 0 Å². The fourth-order valence-electron chi connectivity index (χ4n) is 8.15. The number of halogens is 1. The quantitative estimate of drug-likeness (QED) is 0.435. The van der Waals surface area contributed by atoms with Crippen molar-refractivity contribution in [2.45, 2.75) is 75.3 Å². The highest BCUT2D eigenvalue weighted by Crippen LogP contribution is 2.74. The molecule has 3 fully saturated rings. The predicted octanol–water partition coefficient (Wildman–Crippen LogP) is 2.00. The Kier molecular flexibility index (Phi) is 5.36. The van der Waals surface area contributed by atoms with E-state index in [4.69, 9.17) is 0 Å². The van der Waals surface area contributed by atoms with Gasteiger partial charge in [-0.05, 0) is 61.9 Å². The van der Waals surface area contributed by atoms with Gasteiger partial charge in [-0.2, -0.15) is 0 Å². The number of aliphatic carboxylic acids is 1. The Morgan fingerprint density at radius 1 is 1.19 bits per heavy atom. The first kappa shape index (κ1) is 23.1. The summed E-state index contributed by atoms with van der Waals surface area (Å²) in [5, 5.41) is 42.7. The molecule has 31 heavy (non-hydrogen) atoms. The van der Waals surface area contributed by atoms with Crippen molar-refractivity contribution >= 4 is 33.5 Å². The summed E-state index contributed by atoms with van der Waals surface area (Å²) in [6, 6.07) is 0. The maximum absolute atomic E-state index is 12.6. The number of aliphatic hydroxyl groups excluding tert-OH is 2. The Hall–Kier alpha value is -1.09. The number of allylic oxidation sites excluding steroid dienone is 1. The van der Waals surface area contributed by atoms with Crippen LogP contribution in [0.3, 0.4) is 0 Å².